The molecule has 2 rings (SSSR count). The van der Waals surface area contributed by atoms with Crippen LogP contribution in [0.25, 0.3) is 10.1 Å². The van der Waals surface area contributed by atoms with Crippen molar-refractivity contribution >= 4 is 39.0 Å². The molecule has 6 nitrogen and oxygen atoms in total. The summed E-state index contributed by atoms with van der Waals surface area (Å²) in [5.74, 6) is -0.243. The fraction of sp³-hybridized carbons (Fsp3) is 0.231. The fourth-order valence-corrected chi connectivity index (χ4v) is 2.86. The minimum absolute atomic E-state index is 0.243. The Morgan fingerprint density at radius 1 is 1.25 bits per heavy atom. The van der Waals surface area contributed by atoms with Crippen molar-refractivity contribution in [1.29, 1.82) is 0 Å². The van der Waals surface area contributed by atoms with Gasteiger partial charge >= 0.3 is 6.03 Å². The van der Waals surface area contributed by atoms with Gasteiger partial charge in [0.15, 0.2) is 0 Å². The van der Waals surface area contributed by atoms with Gasteiger partial charge in [0.1, 0.15) is 4.88 Å². The van der Waals surface area contributed by atoms with Gasteiger partial charge in [0.05, 0.1) is 5.69 Å². The zero-order valence-electron chi connectivity index (χ0n) is 11.0. The molecule has 0 spiro atoms. The second-order valence-electron chi connectivity index (χ2n) is 4.39. The van der Waals surface area contributed by atoms with Crippen molar-refractivity contribution in [2.24, 2.45) is 5.73 Å². The van der Waals surface area contributed by atoms with Crippen LogP contribution in [0.5, 0.6) is 0 Å². The number of nitrogens with one attached hydrogen (secondary N) is 2. The van der Waals surface area contributed by atoms with Crippen molar-refractivity contribution in [3.63, 3.8) is 0 Å². The number of nitrogens with two attached hydrogens (primary N) is 2. The normalized spacial score (nSPS) is 10.4. The Morgan fingerprint density at radius 3 is 2.65 bits per heavy atom. The van der Waals surface area contributed by atoms with Crippen LogP contribution < -0.4 is 22.1 Å². The second-order valence-corrected chi connectivity index (χ2v) is 5.44. The summed E-state index contributed by atoms with van der Waals surface area (Å²) in [7, 11) is 0. The molecule has 0 aliphatic heterocycles. The van der Waals surface area contributed by atoms with Gasteiger partial charge < -0.3 is 22.1 Å². The Hall–Kier alpha value is -2.28. The number of primary amides is 1. The quantitative estimate of drug-likeness (QED) is 0.635. The molecule has 0 radical (unpaired) electrons. The first-order valence-corrected chi connectivity index (χ1v) is 6.91. The first-order chi connectivity index (χ1) is 9.49. The van der Waals surface area contributed by atoms with Gasteiger partial charge in [0.2, 0.25) is 0 Å². The predicted molar refractivity (Wildman–Crippen MR) is 80.9 cm³/mol. The molecule has 0 saturated carbocycles. The number of rotatable bonds is 4. The molecule has 106 valence electrons. The van der Waals surface area contributed by atoms with Gasteiger partial charge in [0.25, 0.3) is 5.91 Å². The molecule has 2 aromatic rings. The monoisotopic (exact) mass is 292 g/mol. The van der Waals surface area contributed by atoms with E-state index in [0.29, 0.717) is 17.1 Å². The van der Waals surface area contributed by atoms with E-state index >= 15 is 0 Å². The molecule has 7 heteroatoms. The fourth-order valence-electron chi connectivity index (χ4n) is 1.84. The van der Waals surface area contributed by atoms with E-state index in [-0.39, 0.29) is 12.5 Å². The first kappa shape index (κ1) is 14.1. The predicted octanol–water partition coefficient (Wildman–Crippen LogP) is 1.19. The summed E-state index contributed by atoms with van der Waals surface area (Å²) in [6, 6.07) is 5.29. The van der Waals surface area contributed by atoms with Gasteiger partial charge in [-0.05, 0) is 19.1 Å². The summed E-state index contributed by atoms with van der Waals surface area (Å²) >= 11 is 1.36. The maximum atomic E-state index is 12.0. The number of benzene rings is 1. The Morgan fingerprint density at radius 2 is 1.95 bits per heavy atom. The summed E-state index contributed by atoms with van der Waals surface area (Å²) in [5.41, 5.74) is 12.5. The van der Waals surface area contributed by atoms with Crippen LogP contribution in [0.1, 0.15) is 15.2 Å². The van der Waals surface area contributed by atoms with Crippen molar-refractivity contribution in [3.05, 3.63) is 28.6 Å². The van der Waals surface area contributed by atoms with Gasteiger partial charge in [-0.1, -0.05) is 11.6 Å². The number of hydrogen-bond acceptors (Lipinski definition) is 4. The van der Waals surface area contributed by atoms with Crippen LogP contribution in [0.2, 0.25) is 0 Å². The van der Waals surface area contributed by atoms with Crippen molar-refractivity contribution in [2.45, 2.75) is 6.92 Å². The third-order valence-electron chi connectivity index (χ3n) is 2.80. The highest BCUT2D eigenvalue weighted by Crippen LogP contribution is 2.33. The van der Waals surface area contributed by atoms with E-state index in [1.54, 1.807) is 0 Å². The standard InChI is InChI=1S/C13H16N4O2S/c1-7-2-3-9-8(6-7)10(14)11(20-9)12(18)16-4-5-17-13(15)19/h2-3,6H,4-5,14H2,1H3,(H,16,18)(H3,15,17,19). The lowest BCUT2D eigenvalue weighted by Crippen LogP contribution is -2.37. The van der Waals surface area contributed by atoms with Crippen LogP contribution >= 0.6 is 11.3 Å². The largest absolute Gasteiger partial charge is 0.397 e. The Bertz CT molecular complexity index is 666. The molecular weight excluding hydrogens is 276 g/mol. The van der Waals surface area contributed by atoms with Crippen LogP contribution in [-0.4, -0.2) is 25.0 Å². The van der Waals surface area contributed by atoms with Crippen molar-refractivity contribution in [3.8, 4) is 0 Å². The lowest BCUT2D eigenvalue weighted by molar-refractivity contribution is 0.0959. The van der Waals surface area contributed by atoms with Gasteiger partial charge in [-0.3, -0.25) is 4.79 Å². The van der Waals surface area contributed by atoms with Crippen LogP contribution in [-0.2, 0) is 0 Å². The molecule has 0 saturated heterocycles. The van der Waals surface area contributed by atoms with E-state index in [4.69, 9.17) is 11.5 Å². The molecule has 20 heavy (non-hydrogen) atoms. The number of thiophene rings is 1. The molecule has 0 unspecified atom stereocenters. The smallest absolute Gasteiger partial charge is 0.312 e. The first-order valence-electron chi connectivity index (χ1n) is 6.09. The average molecular weight is 292 g/mol. The molecule has 1 aromatic carbocycles. The SMILES string of the molecule is Cc1ccc2sc(C(=O)NCCNC(N)=O)c(N)c2c1. The lowest BCUT2D eigenvalue weighted by Gasteiger charge is -2.04. The number of nitrogen functional groups attached to an aromatic ring is 1. The third-order valence-corrected chi connectivity index (χ3v) is 3.98. The molecule has 0 bridgehead atoms. The van der Waals surface area contributed by atoms with E-state index in [0.717, 1.165) is 15.6 Å². The van der Waals surface area contributed by atoms with Crippen LogP contribution in [0.3, 0.4) is 0 Å². The highest BCUT2D eigenvalue weighted by molar-refractivity contribution is 7.21. The zero-order chi connectivity index (χ0) is 14.7. The van der Waals surface area contributed by atoms with Crippen molar-refractivity contribution < 1.29 is 9.59 Å². The topological polar surface area (TPSA) is 110 Å². The number of hydrogen-bond donors (Lipinski definition) is 4. The van der Waals surface area contributed by atoms with E-state index in [1.807, 2.05) is 25.1 Å². The Labute approximate surface area is 120 Å². The zero-order valence-corrected chi connectivity index (χ0v) is 11.8. The second kappa shape index (κ2) is 5.79. The number of aryl methyl sites for hydroxylation is 1. The molecule has 3 amide bonds. The molecule has 0 fully saturated rings. The number of carbonyl (C=O) groups excluding carboxylic acids is 2. The highest BCUT2D eigenvalue weighted by Gasteiger charge is 2.15. The summed E-state index contributed by atoms with van der Waals surface area (Å²) in [5, 5.41) is 5.99. The average Bonchev–Trinajstić information content (AvgIpc) is 2.72. The maximum absolute atomic E-state index is 12.0. The Kier molecular flexibility index (Phi) is 4.09. The van der Waals surface area contributed by atoms with Crippen molar-refractivity contribution in [1.82, 2.24) is 10.6 Å². The molecule has 1 heterocycles. The summed E-state index contributed by atoms with van der Waals surface area (Å²) in [6.07, 6.45) is 0. The lowest BCUT2D eigenvalue weighted by atomic mass is 10.1. The summed E-state index contributed by atoms with van der Waals surface area (Å²) in [4.78, 5) is 23.0. The summed E-state index contributed by atoms with van der Waals surface area (Å²) < 4.78 is 0.980. The van der Waals surface area contributed by atoms with E-state index in [1.165, 1.54) is 11.3 Å². The van der Waals surface area contributed by atoms with E-state index in [9.17, 15) is 9.59 Å². The van der Waals surface area contributed by atoms with Gasteiger partial charge in [-0.25, -0.2) is 4.79 Å². The van der Waals surface area contributed by atoms with Gasteiger partial charge in [-0.2, -0.15) is 0 Å². The number of fused-ring (bicyclic) bond motifs is 1. The highest BCUT2D eigenvalue weighted by atomic mass is 32.1. The minimum Gasteiger partial charge on any atom is -0.397 e. The van der Waals surface area contributed by atoms with Gasteiger partial charge in [0, 0.05) is 23.2 Å². The third kappa shape index (κ3) is 3.00. The van der Waals surface area contributed by atoms with Crippen molar-refractivity contribution in [2.75, 3.05) is 18.8 Å². The number of carbonyl (C=O) groups is 2. The molecule has 6 N–H and O–H groups in total. The number of amides is 3. The van der Waals surface area contributed by atoms with Gasteiger partial charge in [-0.15, -0.1) is 11.3 Å². The Balaban J connectivity index is 2.10. The number of urea groups is 1. The minimum atomic E-state index is -0.615. The summed E-state index contributed by atoms with van der Waals surface area (Å²) in [6.45, 7) is 2.56. The molecular formula is C13H16N4O2S. The molecule has 0 aliphatic carbocycles. The maximum Gasteiger partial charge on any atom is 0.312 e. The van der Waals surface area contributed by atoms with Crippen LogP contribution in [0, 0.1) is 6.92 Å². The van der Waals surface area contributed by atoms with E-state index < -0.39 is 6.03 Å². The number of anilines is 1. The molecule has 0 aliphatic rings. The van der Waals surface area contributed by atoms with Crippen LogP contribution in [0.15, 0.2) is 18.2 Å². The van der Waals surface area contributed by atoms with E-state index in [2.05, 4.69) is 10.6 Å². The molecule has 0 atom stereocenters. The molecule has 1 aromatic heterocycles. The van der Waals surface area contributed by atoms with Crippen LogP contribution in [0.4, 0.5) is 10.5 Å².